The Kier molecular flexibility index (Phi) is 1.52. The number of hydrogen-bond donors (Lipinski definition) is 1. The van der Waals surface area contributed by atoms with E-state index in [-0.39, 0.29) is 6.61 Å². The van der Waals surface area contributed by atoms with Crippen LogP contribution in [0.5, 0.6) is 0 Å². The van der Waals surface area contributed by atoms with E-state index in [1.807, 2.05) is 0 Å². The lowest BCUT2D eigenvalue weighted by atomic mass is 9.88. The molecule has 0 amide bonds. The highest BCUT2D eigenvalue weighted by atomic mass is 16.6. The summed E-state index contributed by atoms with van der Waals surface area (Å²) in [7, 11) is 0. The summed E-state index contributed by atoms with van der Waals surface area (Å²) in [5.74, 6) is -0.553. The first-order valence-corrected chi connectivity index (χ1v) is 3.08. The Morgan fingerprint density at radius 2 is 2.60 bits per heavy atom. The smallest absolute Gasteiger partial charge is 0.336 e. The molecule has 0 aromatic carbocycles. The van der Waals surface area contributed by atoms with Gasteiger partial charge in [-0.25, -0.2) is 4.79 Å². The van der Waals surface area contributed by atoms with Crippen molar-refractivity contribution in [3.8, 4) is 0 Å². The number of cyclic esters (lactones) is 1. The van der Waals surface area contributed by atoms with E-state index in [1.54, 1.807) is 13.0 Å². The highest BCUT2D eigenvalue weighted by Crippen LogP contribution is 2.29. The van der Waals surface area contributed by atoms with Crippen LogP contribution in [0.3, 0.4) is 0 Å². The van der Waals surface area contributed by atoms with Gasteiger partial charge >= 0.3 is 5.97 Å². The first-order valence-electron chi connectivity index (χ1n) is 3.08. The van der Waals surface area contributed by atoms with E-state index in [4.69, 9.17) is 0 Å². The zero-order valence-electron chi connectivity index (χ0n) is 5.83. The molecule has 3 heteroatoms. The lowest BCUT2D eigenvalue weighted by molar-refractivity contribution is -0.144. The van der Waals surface area contributed by atoms with Gasteiger partial charge in [0.05, 0.1) is 5.41 Å². The minimum absolute atomic E-state index is 0.233. The van der Waals surface area contributed by atoms with Gasteiger partial charge in [0.1, 0.15) is 6.61 Å². The number of hydrogen-bond acceptors (Lipinski definition) is 3. The molecule has 56 valence electrons. The van der Waals surface area contributed by atoms with E-state index in [0.717, 1.165) is 0 Å². The predicted octanol–water partition coefficient (Wildman–Crippen LogP) is 0.0964. The summed E-state index contributed by atoms with van der Waals surface area (Å²) in [5, 5.41) is 9.17. The number of esters is 1. The summed E-state index contributed by atoms with van der Waals surface area (Å²) < 4.78 is 4.61. The summed E-state index contributed by atoms with van der Waals surface area (Å²) >= 11 is 0. The third kappa shape index (κ3) is 0.827. The highest BCUT2D eigenvalue weighted by Gasteiger charge is 2.43. The number of rotatable bonds is 1. The van der Waals surface area contributed by atoms with Crippen LogP contribution in [0, 0.1) is 5.41 Å². The number of carbonyl (C=O) groups is 1. The fourth-order valence-corrected chi connectivity index (χ4v) is 0.824. The van der Waals surface area contributed by atoms with Crippen LogP contribution < -0.4 is 0 Å². The average molecular weight is 142 g/mol. The van der Waals surface area contributed by atoms with Crippen LogP contribution in [0.15, 0.2) is 12.7 Å². The number of carbonyl (C=O) groups excluding carboxylic acids is 1. The summed E-state index contributed by atoms with van der Waals surface area (Å²) in [5.41, 5.74) is -0.586. The molecule has 1 aliphatic rings. The van der Waals surface area contributed by atoms with Gasteiger partial charge < -0.3 is 9.84 Å². The van der Waals surface area contributed by atoms with Gasteiger partial charge in [-0.05, 0) is 6.92 Å². The van der Waals surface area contributed by atoms with Crippen LogP contribution in [0.1, 0.15) is 6.92 Å². The third-order valence-corrected chi connectivity index (χ3v) is 1.84. The average Bonchev–Trinajstić information content (AvgIpc) is 2.19. The van der Waals surface area contributed by atoms with Crippen molar-refractivity contribution in [3.05, 3.63) is 12.7 Å². The Morgan fingerprint density at radius 3 is 2.80 bits per heavy atom. The van der Waals surface area contributed by atoms with Gasteiger partial charge in [-0.3, -0.25) is 0 Å². The second-order valence-corrected chi connectivity index (χ2v) is 2.72. The molecule has 1 N–H and O–H groups in total. The van der Waals surface area contributed by atoms with Gasteiger partial charge in [-0.1, -0.05) is 6.08 Å². The Morgan fingerprint density at radius 1 is 2.00 bits per heavy atom. The standard InChI is InChI=1S/C7H10O3/c1-3-7(2)4-10-6(9)5(7)8/h3,5,8H,1,4H2,2H3. The Bertz CT molecular complexity index is 176. The van der Waals surface area contributed by atoms with Crippen molar-refractivity contribution in [1.29, 1.82) is 0 Å². The molecule has 3 nitrogen and oxygen atoms in total. The van der Waals surface area contributed by atoms with Gasteiger partial charge in [0.2, 0.25) is 0 Å². The predicted molar refractivity (Wildman–Crippen MR) is 35.3 cm³/mol. The van der Waals surface area contributed by atoms with Crippen LogP contribution in [0.25, 0.3) is 0 Å². The van der Waals surface area contributed by atoms with Crippen LogP contribution in [0.4, 0.5) is 0 Å². The molecule has 1 heterocycles. The van der Waals surface area contributed by atoms with Crippen molar-refractivity contribution in [2.45, 2.75) is 13.0 Å². The van der Waals surface area contributed by atoms with Crippen LogP contribution >= 0.6 is 0 Å². The van der Waals surface area contributed by atoms with Gasteiger partial charge in [-0.2, -0.15) is 0 Å². The number of aliphatic hydroxyl groups is 1. The molecule has 0 bridgehead atoms. The molecular formula is C7H10O3. The van der Waals surface area contributed by atoms with Crippen molar-refractivity contribution in [2.24, 2.45) is 5.41 Å². The summed E-state index contributed by atoms with van der Waals surface area (Å²) in [6.45, 7) is 5.47. The highest BCUT2D eigenvalue weighted by molar-refractivity contribution is 5.78. The van der Waals surface area contributed by atoms with Gasteiger partial charge in [-0.15, -0.1) is 6.58 Å². The monoisotopic (exact) mass is 142 g/mol. The van der Waals surface area contributed by atoms with Crippen molar-refractivity contribution in [3.63, 3.8) is 0 Å². The molecule has 0 aromatic heterocycles. The molecule has 2 atom stereocenters. The fraction of sp³-hybridized carbons (Fsp3) is 0.571. The maximum Gasteiger partial charge on any atom is 0.336 e. The zero-order chi connectivity index (χ0) is 7.78. The van der Waals surface area contributed by atoms with Gasteiger partial charge in [0, 0.05) is 0 Å². The van der Waals surface area contributed by atoms with E-state index >= 15 is 0 Å². The molecule has 0 aliphatic carbocycles. The second-order valence-electron chi connectivity index (χ2n) is 2.72. The molecule has 1 aliphatic heterocycles. The summed E-state index contributed by atoms with van der Waals surface area (Å²) in [6, 6.07) is 0. The lowest BCUT2D eigenvalue weighted by Crippen LogP contribution is -2.30. The van der Waals surface area contributed by atoms with Crippen molar-refractivity contribution >= 4 is 5.97 Å². The molecule has 1 saturated heterocycles. The topological polar surface area (TPSA) is 46.5 Å². The Hall–Kier alpha value is -0.830. The fourth-order valence-electron chi connectivity index (χ4n) is 0.824. The molecule has 0 aromatic rings. The number of ether oxygens (including phenoxy) is 1. The van der Waals surface area contributed by atoms with E-state index in [1.165, 1.54) is 0 Å². The normalized spacial score (nSPS) is 39.4. The Labute approximate surface area is 59.3 Å². The van der Waals surface area contributed by atoms with E-state index in [9.17, 15) is 9.90 Å². The zero-order valence-corrected chi connectivity index (χ0v) is 5.83. The van der Waals surface area contributed by atoms with Gasteiger partial charge in [0.25, 0.3) is 0 Å². The van der Waals surface area contributed by atoms with Crippen molar-refractivity contribution < 1.29 is 14.6 Å². The third-order valence-electron chi connectivity index (χ3n) is 1.84. The largest absolute Gasteiger partial charge is 0.463 e. The SMILES string of the molecule is C=CC1(C)COC(=O)C1O. The molecule has 10 heavy (non-hydrogen) atoms. The lowest BCUT2D eigenvalue weighted by Gasteiger charge is -2.17. The Balaban J connectivity index is 2.82. The molecule has 0 radical (unpaired) electrons. The quantitative estimate of drug-likeness (QED) is 0.417. The van der Waals surface area contributed by atoms with Crippen molar-refractivity contribution in [2.75, 3.05) is 6.61 Å². The van der Waals surface area contributed by atoms with E-state index < -0.39 is 17.5 Å². The van der Waals surface area contributed by atoms with Gasteiger partial charge in [0.15, 0.2) is 6.10 Å². The minimum Gasteiger partial charge on any atom is -0.463 e. The van der Waals surface area contributed by atoms with Crippen LogP contribution in [0.2, 0.25) is 0 Å². The van der Waals surface area contributed by atoms with E-state index in [0.29, 0.717) is 0 Å². The molecule has 1 fully saturated rings. The number of aliphatic hydroxyl groups excluding tert-OH is 1. The van der Waals surface area contributed by atoms with Crippen LogP contribution in [-0.2, 0) is 9.53 Å². The maximum atomic E-state index is 10.6. The second kappa shape index (κ2) is 2.09. The van der Waals surface area contributed by atoms with E-state index in [2.05, 4.69) is 11.3 Å². The maximum absolute atomic E-state index is 10.6. The molecule has 2 unspecified atom stereocenters. The molecule has 1 rings (SSSR count). The first kappa shape index (κ1) is 7.28. The molecule has 0 saturated carbocycles. The minimum atomic E-state index is -1.04. The van der Waals surface area contributed by atoms with Crippen molar-refractivity contribution in [1.82, 2.24) is 0 Å². The van der Waals surface area contributed by atoms with Crippen LogP contribution in [-0.4, -0.2) is 23.8 Å². The molecule has 0 spiro atoms. The molecular weight excluding hydrogens is 132 g/mol. The first-order chi connectivity index (χ1) is 4.60. The summed E-state index contributed by atoms with van der Waals surface area (Å²) in [4.78, 5) is 10.6. The summed E-state index contributed by atoms with van der Waals surface area (Å²) in [6.07, 6.45) is 0.507.